The first kappa shape index (κ1) is 24.3. The lowest BCUT2D eigenvalue weighted by atomic mass is 9.75. The molecule has 2 aromatic carbocycles. The average Bonchev–Trinajstić information content (AvgIpc) is 2.76. The molecule has 178 valence electrons. The zero-order valence-corrected chi connectivity index (χ0v) is 18.0. The largest absolute Gasteiger partial charge is 0.493 e. The van der Waals surface area contributed by atoms with E-state index in [1.807, 2.05) is 0 Å². The van der Waals surface area contributed by atoms with Crippen LogP contribution < -0.4 is 9.47 Å². The molecule has 1 heterocycles. The summed E-state index contributed by atoms with van der Waals surface area (Å²) in [5, 5.41) is 0. The maximum Gasteiger partial charge on any atom is 0.327 e. The van der Waals surface area contributed by atoms with Crippen LogP contribution in [-0.2, 0) is 31.9 Å². The second kappa shape index (κ2) is 8.53. The Hall–Kier alpha value is -3.37. The van der Waals surface area contributed by atoms with Gasteiger partial charge in [-0.1, -0.05) is 6.07 Å². The van der Waals surface area contributed by atoms with Crippen LogP contribution in [0.1, 0.15) is 25.0 Å². The van der Waals surface area contributed by atoms with Crippen LogP contribution in [0.3, 0.4) is 0 Å². The minimum atomic E-state index is -2.45. The van der Waals surface area contributed by atoms with Gasteiger partial charge in [-0.05, 0) is 24.1 Å². The molecule has 0 atom stereocenters. The Balaban J connectivity index is 2.17. The van der Waals surface area contributed by atoms with Crippen LogP contribution >= 0.6 is 0 Å². The number of hydrogen-bond donors (Lipinski definition) is 0. The summed E-state index contributed by atoms with van der Waals surface area (Å²) in [5.74, 6) is -14.8. The van der Waals surface area contributed by atoms with Crippen molar-refractivity contribution in [3.8, 4) is 11.5 Å². The van der Waals surface area contributed by atoms with Gasteiger partial charge in [-0.25, -0.2) is 22.0 Å². The Kier molecular flexibility index (Phi) is 6.27. The van der Waals surface area contributed by atoms with Gasteiger partial charge in [-0.2, -0.15) is 0 Å². The predicted molar refractivity (Wildman–Crippen MR) is 102 cm³/mol. The molecule has 1 aliphatic rings. The Morgan fingerprint density at radius 2 is 1.24 bits per heavy atom. The van der Waals surface area contributed by atoms with E-state index in [-0.39, 0.29) is 11.3 Å². The smallest absolute Gasteiger partial charge is 0.327 e. The molecule has 0 unspecified atom stereocenters. The monoisotopic (exact) mass is 474 g/mol. The summed E-state index contributed by atoms with van der Waals surface area (Å²) in [7, 11) is 2.71. The van der Waals surface area contributed by atoms with Crippen LogP contribution in [0.15, 0.2) is 18.2 Å². The van der Waals surface area contributed by atoms with E-state index in [0.29, 0.717) is 5.75 Å². The highest BCUT2D eigenvalue weighted by Crippen LogP contribution is 2.41. The van der Waals surface area contributed by atoms with Crippen molar-refractivity contribution < 1.29 is 50.5 Å². The van der Waals surface area contributed by atoms with E-state index in [9.17, 15) is 31.5 Å². The van der Waals surface area contributed by atoms with Gasteiger partial charge < -0.3 is 18.9 Å². The minimum Gasteiger partial charge on any atom is -0.493 e. The van der Waals surface area contributed by atoms with E-state index in [2.05, 4.69) is 0 Å². The van der Waals surface area contributed by atoms with Gasteiger partial charge in [0, 0.05) is 25.8 Å². The summed E-state index contributed by atoms with van der Waals surface area (Å²) in [6.45, 7) is 2.50. The van der Waals surface area contributed by atoms with Gasteiger partial charge in [0.15, 0.2) is 40.2 Å². The third-order valence-electron chi connectivity index (χ3n) is 5.19. The van der Waals surface area contributed by atoms with E-state index in [0.717, 1.165) is 0 Å². The van der Waals surface area contributed by atoms with E-state index in [1.165, 1.54) is 46.3 Å². The van der Waals surface area contributed by atoms with Crippen molar-refractivity contribution in [2.75, 3.05) is 14.2 Å². The molecule has 1 fully saturated rings. The van der Waals surface area contributed by atoms with Crippen molar-refractivity contribution in [1.29, 1.82) is 0 Å². The third-order valence-corrected chi connectivity index (χ3v) is 5.19. The number of esters is 2. The van der Waals surface area contributed by atoms with Crippen molar-refractivity contribution >= 4 is 11.9 Å². The van der Waals surface area contributed by atoms with Crippen LogP contribution in [0.25, 0.3) is 0 Å². The molecular weight excluding hydrogens is 455 g/mol. The number of ether oxygens (including phenoxy) is 4. The molecular formula is C22H19F5O6. The second-order valence-corrected chi connectivity index (χ2v) is 7.85. The molecule has 0 amide bonds. The molecule has 6 nitrogen and oxygen atoms in total. The second-order valence-electron chi connectivity index (χ2n) is 7.85. The molecule has 2 aromatic rings. The number of benzene rings is 2. The zero-order valence-electron chi connectivity index (χ0n) is 18.0. The van der Waals surface area contributed by atoms with Crippen LogP contribution in [-0.4, -0.2) is 31.9 Å². The lowest BCUT2D eigenvalue weighted by Gasteiger charge is -2.40. The Labute approximate surface area is 185 Å². The molecule has 0 saturated carbocycles. The molecule has 0 spiro atoms. The SMILES string of the molecule is COc1ccc(CC2(Cc3c(F)c(F)c(F)c(F)c3F)C(=O)OC(C)(C)OC2=O)cc1OC. The number of rotatable bonds is 6. The van der Waals surface area contributed by atoms with Crippen molar-refractivity contribution in [3.63, 3.8) is 0 Å². The van der Waals surface area contributed by atoms with Gasteiger partial charge >= 0.3 is 11.9 Å². The van der Waals surface area contributed by atoms with Crippen molar-refractivity contribution in [1.82, 2.24) is 0 Å². The fraction of sp³-hybridized carbons (Fsp3) is 0.364. The van der Waals surface area contributed by atoms with Crippen LogP contribution in [0.4, 0.5) is 22.0 Å². The van der Waals surface area contributed by atoms with Gasteiger partial charge in [-0.3, -0.25) is 9.59 Å². The average molecular weight is 474 g/mol. The number of carbonyl (C=O) groups is 2. The van der Waals surface area contributed by atoms with Crippen LogP contribution in [0.2, 0.25) is 0 Å². The lowest BCUT2D eigenvalue weighted by molar-refractivity contribution is -0.251. The van der Waals surface area contributed by atoms with Gasteiger partial charge in [0.2, 0.25) is 5.82 Å². The normalized spacial score (nSPS) is 16.8. The first-order valence-corrected chi connectivity index (χ1v) is 9.55. The summed E-state index contributed by atoms with van der Waals surface area (Å²) in [4.78, 5) is 26.0. The molecule has 1 saturated heterocycles. The topological polar surface area (TPSA) is 71.1 Å². The molecule has 1 aliphatic heterocycles. The summed E-state index contributed by atoms with van der Waals surface area (Å²) in [6, 6.07) is 4.27. The highest BCUT2D eigenvalue weighted by Gasteiger charge is 2.57. The quantitative estimate of drug-likeness (QED) is 0.207. The molecule has 0 N–H and O–H groups in total. The Bertz CT molecular complexity index is 1080. The first-order chi connectivity index (χ1) is 15.4. The van der Waals surface area contributed by atoms with Crippen LogP contribution in [0.5, 0.6) is 11.5 Å². The number of methoxy groups -OCH3 is 2. The standard InChI is InChI=1S/C22H19F5O6/c1-21(2)32-19(28)22(20(29)33-21,8-10-5-6-12(30-3)13(7-10)31-4)9-11-14(23)16(25)18(27)17(26)15(11)24/h5-7H,8-9H2,1-4H3. The molecule has 0 aromatic heterocycles. The van der Waals surface area contributed by atoms with Gasteiger partial charge in [0.1, 0.15) is 0 Å². The molecule has 3 rings (SSSR count). The fourth-order valence-electron chi connectivity index (χ4n) is 3.54. The van der Waals surface area contributed by atoms with E-state index >= 15 is 0 Å². The van der Waals surface area contributed by atoms with Gasteiger partial charge in [0.05, 0.1) is 14.2 Å². The Morgan fingerprint density at radius 1 is 0.758 bits per heavy atom. The molecule has 0 radical (unpaired) electrons. The maximum atomic E-state index is 14.4. The fourth-order valence-corrected chi connectivity index (χ4v) is 3.54. The first-order valence-electron chi connectivity index (χ1n) is 9.55. The minimum absolute atomic E-state index is 0.208. The van der Waals surface area contributed by atoms with E-state index < -0.39 is 70.6 Å². The Morgan fingerprint density at radius 3 is 1.73 bits per heavy atom. The van der Waals surface area contributed by atoms with Crippen molar-refractivity contribution in [2.24, 2.45) is 5.41 Å². The summed E-state index contributed by atoms with van der Waals surface area (Å²) in [5.41, 5.74) is -3.56. The van der Waals surface area contributed by atoms with Crippen LogP contribution in [0, 0.1) is 34.5 Å². The zero-order chi connectivity index (χ0) is 24.7. The number of hydrogen-bond acceptors (Lipinski definition) is 6. The predicted octanol–water partition coefficient (Wildman–Crippen LogP) is 4.01. The summed E-state index contributed by atoms with van der Waals surface area (Å²) < 4.78 is 90.5. The molecule has 0 aliphatic carbocycles. The summed E-state index contributed by atoms with van der Waals surface area (Å²) in [6.07, 6.45) is -1.76. The maximum absolute atomic E-state index is 14.4. The molecule has 33 heavy (non-hydrogen) atoms. The van der Waals surface area contributed by atoms with Gasteiger partial charge in [-0.15, -0.1) is 0 Å². The molecule has 11 heteroatoms. The highest BCUT2D eigenvalue weighted by atomic mass is 19.2. The molecule has 0 bridgehead atoms. The van der Waals surface area contributed by atoms with Gasteiger partial charge in [0.25, 0.3) is 5.79 Å². The highest BCUT2D eigenvalue weighted by molar-refractivity contribution is 6.02. The third kappa shape index (κ3) is 4.19. The van der Waals surface area contributed by atoms with Crippen molar-refractivity contribution in [3.05, 3.63) is 58.4 Å². The lowest BCUT2D eigenvalue weighted by Crippen LogP contribution is -2.56. The summed E-state index contributed by atoms with van der Waals surface area (Å²) >= 11 is 0. The van der Waals surface area contributed by atoms with E-state index in [1.54, 1.807) is 0 Å². The number of carbonyl (C=O) groups excluding carboxylic acids is 2. The van der Waals surface area contributed by atoms with E-state index in [4.69, 9.17) is 18.9 Å². The number of halogens is 5. The van der Waals surface area contributed by atoms with Crippen molar-refractivity contribution in [2.45, 2.75) is 32.5 Å². The number of cyclic esters (lactones) is 2.